The molecular formula is C10H21ClN2O4S. The lowest BCUT2D eigenvalue weighted by atomic mass is 10.1. The van der Waals surface area contributed by atoms with Gasteiger partial charge >= 0.3 is 0 Å². The van der Waals surface area contributed by atoms with Crippen molar-refractivity contribution < 1.29 is 17.9 Å². The molecule has 1 heterocycles. The van der Waals surface area contributed by atoms with Gasteiger partial charge in [0.2, 0.25) is 5.91 Å². The first-order chi connectivity index (χ1) is 7.81. The Morgan fingerprint density at radius 2 is 2.06 bits per heavy atom. The van der Waals surface area contributed by atoms with E-state index < -0.39 is 21.1 Å². The van der Waals surface area contributed by atoms with Crippen molar-refractivity contribution >= 4 is 28.2 Å². The summed E-state index contributed by atoms with van der Waals surface area (Å²) in [6.07, 6.45) is 0. The molecule has 3 atom stereocenters. The van der Waals surface area contributed by atoms with Gasteiger partial charge in [-0.1, -0.05) is 0 Å². The van der Waals surface area contributed by atoms with Crippen LogP contribution < -0.4 is 5.73 Å². The lowest BCUT2D eigenvalue weighted by Gasteiger charge is -2.38. The molecule has 2 N–H and O–H groups in total. The Bertz CT molecular complexity index is 387. The predicted octanol–water partition coefficient (Wildman–Crippen LogP) is -0.584. The summed E-state index contributed by atoms with van der Waals surface area (Å²) in [5.74, 6) is -0.245. The molecule has 1 fully saturated rings. The summed E-state index contributed by atoms with van der Waals surface area (Å²) >= 11 is 0. The molecule has 0 spiro atoms. The molecule has 0 aliphatic carbocycles. The fourth-order valence-electron chi connectivity index (χ4n) is 1.94. The highest BCUT2D eigenvalue weighted by molar-refractivity contribution is 7.92. The summed E-state index contributed by atoms with van der Waals surface area (Å²) in [4.78, 5) is 13.5. The van der Waals surface area contributed by atoms with Crippen molar-refractivity contribution in [1.29, 1.82) is 0 Å². The number of amides is 1. The number of sulfone groups is 1. The predicted molar refractivity (Wildman–Crippen MR) is 71.5 cm³/mol. The average Bonchev–Trinajstić information content (AvgIpc) is 2.26. The van der Waals surface area contributed by atoms with Crippen molar-refractivity contribution in [2.75, 3.05) is 26.0 Å². The highest BCUT2D eigenvalue weighted by Crippen LogP contribution is 2.19. The lowest BCUT2D eigenvalue weighted by molar-refractivity contribution is -0.135. The number of hydrogen-bond acceptors (Lipinski definition) is 5. The van der Waals surface area contributed by atoms with Crippen LogP contribution in [-0.2, 0) is 19.4 Å². The second-order valence-corrected chi connectivity index (χ2v) is 6.88. The topological polar surface area (TPSA) is 89.7 Å². The maximum atomic E-state index is 12.0. The summed E-state index contributed by atoms with van der Waals surface area (Å²) in [5.41, 5.74) is 5.67. The second kappa shape index (κ2) is 6.70. The molecule has 18 heavy (non-hydrogen) atoms. The Kier molecular flexibility index (Phi) is 6.56. The molecule has 0 aromatic carbocycles. The minimum atomic E-state index is -3.08. The quantitative estimate of drug-likeness (QED) is 0.753. The van der Waals surface area contributed by atoms with Gasteiger partial charge in [0.15, 0.2) is 9.84 Å². The average molecular weight is 301 g/mol. The third-order valence-corrected chi connectivity index (χ3v) is 5.58. The second-order valence-electron chi connectivity index (χ2n) is 4.41. The molecular weight excluding hydrogens is 280 g/mol. The van der Waals surface area contributed by atoms with Crippen LogP contribution >= 0.6 is 12.4 Å². The summed E-state index contributed by atoms with van der Waals surface area (Å²) in [6.45, 7) is 3.72. The van der Waals surface area contributed by atoms with E-state index >= 15 is 0 Å². The van der Waals surface area contributed by atoms with Crippen LogP contribution in [0.1, 0.15) is 13.8 Å². The summed E-state index contributed by atoms with van der Waals surface area (Å²) < 4.78 is 28.2. The van der Waals surface area contributed by atoms with Crippen LogP contribution in [0.4, 0.5) is 0 Å². The van der Waals surface area contributed by atoms with Gasteiger partial charge in [0.05, 0.1) is 17.6 Å². The van der Waals surface area contributed by atoms with Crippen molar-refractivity contribution in [3.8, 4) is 0 Å². The number of carbonyl (C=O) groups is 1. The van der Waals surface area contributed by atoms with Gasteiger partial charge in [0.1, 0.15) is 6.04 Å². The number of carbonyl (C=O) groups excluding carboxylic acids is 1. The van der Waals surface area contributed by atoms with Gasteiger partial charge in [-0.2, -0.15) is 0 Å². The van der Waals surface area contributed by atoms with E-state index in [2.05, 4.69) is 0 Å². The molecule has 1 aliphatic heterocycles. The van der Waals surface area contributed by atoms with Crippen LogP contribution in [0.5, 0.6) is 0 Å². The van der Waals surface area contributed by atoms with Gasteiger partial charge in [0, 0.05) is 19.7 Å². The number of rotatable bonds is 3. The minimum Gasteiger partial charge on any atom is -0.383 e. The summed E-state index contributed by atoms with van der Waals surface area (Å²) in [5, 5.41) is -0.546. The fraction of sp³-hybridized carbons (Fsp3) is 0.900. The first kappa shape index (κ1) is 17.6. The Labute approximate surface area is 114 Å². The molecule has 1 aliphatic rings. The number of nitrogens with zero attached hydrogens (tertiary/aromatic N) is 1. The number of nitrogens with two attached hydrogens (primary N) is 1. The van der Waals surface area contributed by atoms with Gasteiger partial charge in [0.25, 0.3) is 0 Å². The molecule has 1 rings (SSSR count). The first-order valence-electron chi connectivity index (χ1n) is 5.58. The van der Waals surface area contributed by atoms with Crippen LogP contribution in [0.3, 0.4) is 0 Å². The zero-order valence-corrected chi connectivity index (χ0v) is 12.5. The minimum absolute atomic E-state index is 0. The van der Waals surface area contributed by atoms with Gasteiger partial charge in [-0.15, -0.1) is 12.4 Å². The van der Waals surface area contributed by atoms with Gasteiger partial charge in [-0.3, -0.25) is 4.79 Å². The van der Waals surface area contributed by atoms with Crippen LogP contribution in [-0.4, -0.2) is 62.6 Å². The Hall–Kier alpha value is -0.370. The Morgan fingerprint density at radius 3 is 2.56 bits per heavy atom. The maximum Gasteiger partial charge on any atom is 0.242 e. The molecule has 0 aromatic rings. The normalized spacial score (nSPS) is 28.3. The molecule has 6 nitrogen and oxygen atoms in total. The van der Waals surface area contributed by atoms with E-state index in [0.29, 0.717) is 0 Å². The van der Waals surface area contributed by atoms with Crippen LogP contribution in [0.25, 0.3) is 0 Å². The van der Waals surface area contributed by atoms with Crippen molar-refractivity contribution in [3.05, 3.63) is 0 Å². The number of halogens is 1. The van der Waals surface area contributed by atoms with E-state index in [0.717, 1.165) is 0 Å². The summed E-state index contributed by atoms with van der Waals surface area (Å²) in [6, 6.07) is -1.07. The lowest BCUT2D eigenvalue weighted by Crippen LogP contribution is -2.58. The molecule has 3 unspecified atom stereocenters. The van der Waals surface area contributed by atoms with Gasteiger partial charge in [-0.25, -0.2) is 8.42 Å². The van der Waals surface area contributed by atoms with Crippen molar-refractivity contribution in [3.63, 3.8) is 0 Å². The molecule has 1 saturated heterocycles. The Balaban J connectivity index is 0.00000289. The smallest absolute Gasteiger partial charge is 0.242 e. The highest BCUT2D eigenvalue weighted by atomic mass is 35.5. The number of hydrogen-bond donors (Lipinski definition) is 1. The standard InChI is InChI=1S/C10H20N2O4S.ClH/c1-7-8(2)17(14,15)5-4-12(7)10(13)9(11)6-16-3;/h7-9H,4-6,11H2,1-3H3;1H. The molecule has 108 valence electrons. The zero-order chi connectivity index (χ0) is 13.2. The third kappa shape index (κ3) is 3.57. The molecule has 0 bridgehead atoms. The monoisotopic (exact) mass is 300 g/mol. The van der Waals surface area contributed by atoms with Crippen molar-refractivity contribution in [1.82, 2.24) is 4.90 Å². The van der Waals surface area contributed by atoms with E-state index in [4.69, 9.17) is 10.5 Å². The maximum absolute atomic E-state index is 12.0. The zero-order valence-electron chi connectivity index (χ0n) is 10.8. The molecule has 8 heteroatoms. The van der Waals surface area contributed by atoms with Crippen molar-refractivity contribution in [2.45, 2.75) is 31.2 Å². The van der Waals surface area contributed by atoms with E-state index in [1.54, 1.807) is 13.8 Å². The van der Waals surface area contributed by atoms with Crippen molar-refractivity contribution in [2.24, 2.45) is 5.73 Å². The molecule has 0 aromatic heterocycles. The Morgan fingerprint density at radius 1 is 1.50 bits per heavy atom. The summed E-state index contributed by atoms with van der Waals surface area (Å²) in [7, 11) is -1.61. The van der Waals surface area contributed by atoms with Crippen LogP contribution in [0, 0.1) is 0 Å². The van der Waals surface area contributed by atoms with Gasteiger partial charge < -0.3 is 15.4 Å². The SMILES string of the molecule is COCC(N)C(=O)N1CCS(=O)(=O)C(C)C1C.Cl. The van der Waals surface area contributed by atoms with Crippen LogP contribution in [0.2, 0.25) is 0 Å². The van der Waals surface area contributed by atoms with Gasteiger partial charge in [-0.05, 0) is 13.8 Å². The largest absolute Gasteiger partial charge is 0.383 e. The highest BCUT2D eigenvalue weighted by Gasteiger charge is 2.39. The first-order valence-corrected chi connectivity index (χ1v) is 7.29. The fourth-order valence-corrected chi connectivity index (χ4v) is 3.51. The number of ether oxygens (including phenoxy) is 1. The molecule has 0 radical (unpaired) electrons. The number of methoxy groups -OCH3 is 1. The molecule has 0 saturated carbocycles. The molecule has 1 amide bonds. The van der Waals surface area contributed by atoms with E-state index in [1.165, 1.54) is 12.0 Å². The van der Waals surface area contributed by atoms with E-state index in [1.807, 2.05) is 0 Å². The third-order valence-electron chi connectivity index (χ3n) is 3.30. The van der Waals surface area contributed by atoms with E-state index in [-0.39, 0.29) is 43.3 Å². The van der Waals surface area contributed by atoms with Crippen LogP contribution in [0.15, 0.2) is 0 Å². The van der Waals surface area contributed by atoms with E-state index in [9.17, 15) is 13.2 Å².